The van der Waals surface area contributed by atoms with Crippen molar-refractivity contribution in [1.29, 1.82) is 0 Å². The molecule has 0 fully saturated rings. The number of hydrogen-bond donors (Lipinski definition) is 2. The number of amides is 1. The molecule has 0 bridgehead atoms. The topological polar surface area (TPSA) is 64.4 Å². The van der Waals surface area contributed by atoms with E-state index >= 15 is 0 Å². The fourth-order valence-corrected chi connectivity index (χ4v) is 2.45. The van der Waals surface area contributed by atoms with E-state index in [1.165, 1.54) is 5.56 Å². The number of thioether (sulfide) groups is 1. The maximum atomic E-state index is 12.1. The number of rotatable bonds is 5. The standard InChI is InChI=1S/C15H22N2O2S/c1-15(2,20-3)13(16)14(18)17-9-10-4-5-12-11(8-10)6-7-19-12/h4-5,8,13H,6-7,9,16H2,1-3H3,(H,17,18)/t13-/m1/s1. The van der Waals surface area contributed by atoms with Crippen molar-refractivity contribution in [2.75, 3.05) is 12.9 Å². The Bertz CT molecular complexity index is 503. The van der Waals surface area contributed by atoms with Crippen molar-refractivity contribution in [3.8, 4) is 5.75 Å². The SMILES string of the molecule is CSC(C)(C)[C@H](N)C(=O)NCc1ccc2c(c1)CCO2. The Morgan fingerprint density at radius 1 is 1.55 bits per heavy atom. The zero-order valence-electron chi connectivity index (χ0n) is 12.2. The largest absolute Gasteiger partial charge is 0.493 e. The van der Waals surface area contributed by atoms with Crippen LogP contribution in [0.3, 0.4) is 0 Å². The van der Waals surface area contributed by atoms with Crippen molar-refractivity contribution in [3.05, 3.63) is 29.3 Å². The Hall–Kier alpha value is -1.20. The zero-order valence-corrected chi connectivity index (χ0v) is 13.0. The molecule has 1 amide bonds. The Morgan fingerprint density at radius 3 is 3.00 bits per heavy atom. The van der Waals surface area contributed by atoms with Crippen molar-refractivity contribution in [3.63, 3.8) is 0 Å². The summed E-state index contributed by atoms with van der Waals surface area (Å²) in [5.41, 5.74) is 8.30. The third kappa shape index (κ3) is 3.27. The first-order valence-electron chi connectivity index (χ1n) is 6.77. The second-order valence-electron chi connectivity index (χ2n) is 5.54. The summed E-state index contributed by atoms with van der Waals surface area (Å²) in [4.78, 5) is 12.1. The maximum Gasteiger partial charge on any atom is 0.238 e. The molecule has 0 aromatic heterocycles. The average molecular weight is 294 g/mol. The number of nitrogens with two attached hydrogens (primary N) is 1. The van der Waals surface area contributed by atoms with E-state index in [9.17, 15) is 4.79 Å². The second-order valence-corrected chi connectivity index (χ2v) is 7.00. The molecule has 0 radical (unpaired) electrons. The van der Waals surface area contributed by atoms with E-state index in [-0.39, 0.29) is 10.7 Å². The molecule has 4 nitrogen and oxygen atoms in total. The summed E-state index contributed by atoms with van der Waals surface area (Å²) >= 11 is 1.60. The smallest absolute Gasteiger partial charge is 0.238 e. The predicted octanol–water partition coefficient (Wildman–Crippen LogP) is 1.71. The normalized spacial score (nSPS) is 15.4. The van der Waals surface area contributed by atoms with E-state index in [1.54, 1.807) is 11.8 Å². The van der Waals surface area contributed by atoms with Crippen molar-refractivity contribution in [2.24, 2.45) is 5.73 Å². The van der Waals surface area contributed by atoms with E-state index in [0.717, 1.165) is 24.3 Å². The van der Waals surface area contributed by atoms with Crippen LogP contribution in [0.15, 0.2) is 18.2 Å². The summed E-state index contributed by atoms with van der Waals surface area (Å²) in [6.07, 6.45) is 2.91. The first kappa shape index (κ1) is 15.2. The maximum absolute atomic E-state index is 12.1. The number of hydrogen-bond acceptors (Lipinski definition) is 4. The lowest BCUT2D eigenvalue weighted by atomic mass is 10.0. The minimum Gasteiger partial charge on any atom is -0.493 e. The van der Waals surface area contributed by atoms with Gasteiger partial charge in [0.1, 0.15) is 5.75 Å². The van der Waals surface area contributed by atoms with Gasteiger partial charge in [-0.2, -0.15) is 11.8 Å². The predicted molar refractivity (Wildman–Crippen MR) is 83.1 cm³/mol. The quantitative estimate of drug-likeness (QED) is 0.867. The molecule has 0 spiro atoms. The number of nitrogens with one attached hydrogen (secondary N) is 1. The molecule has 1 aromatic rings. The fourth-order valence-electron chi connectivity index (χ4n) is 2.09. The van der Waals surface area contributed by atoms with Crippen LogP contribution in [0.2, 0.25) is 0 Å². The first-order chi connectivity index (χ1) is 9.44. The summed E-state index contributed by atoms with van der Waals surface area (Å²) in [7, 11) is 0. The van der Waals surface area contributed by atoms with Crippen LogP contribution in [-0.4, -0.2) is 29.6 Å². The van der Waals surface area contributed by atoms with Gasteiger partial charge in [0.25, 0.3) is 0 Å². The van der Waals surface area contributed by atoms with Gasteiger partial charge in [-0.15, -0.1) is 0 Å². The molecule has 110 valence electrons. The van der Waals surface area contributed by atoms with E-state index < -0.39 is 6.04 Å². The second kappa shape index (κ2) is 6.06. The lowest BCUT2D eigenvalue weighted by molar-refractivity contribution is -0.123. The third-order valence-electron chi connectivity index (χ3n) is 3.78. The fraction of sp³-hybridized carbons (Fsp3) is 0.533. The summed E-state index contributed by atoms with van der Waals surface area (Å²) in [5, 5.41) is 2.91. The highest BCUT2D eigenvalue weighted by Crippen LogP contribution is 2.26. The number of ether oxygens (including phenoxy) is 1. The number of fused-ring (bicyclic) bond motifs is 1. The van der Waals surface area contributed by atoms with Crippen molar-refractivity contribution in [2.45, 2.75) is 37.6 Å². The van der Waals surface area contributed by atoms with Crippen LogP contribution in [0.5, 0.6) is 5.75 Å². The van der Waals surface area contributed by atoms with Gasteiger partial charge in [-0.1, -0.05) is 12.1 Å². The highest BCUT2D eigenvalue weighted by atomic mass is 32.2. The molecular formula is C15H22N2O2S. The summed E-state index contributed by atoms with van der Waals surface area (Å²) in [6.45, 7) is 5.21. The molecule has 0 saturated carbocycles. The highest BCUT2D eigenvalue weighted by molar-refractivity contribution is 8.00. The molecule has 1 aliphatic heterocycles. The summed E-state index contributed by atoms with van der Waals surface area (Å²) < 4.78 is 5.20. The van der Waals surface area contributed by atoms with E-state index in [0.29, 0.717) is 6.54 Å². The molecule has 5 heteroatoms. The number of benzene rings is 1. The van der Waals surface area contributed by atoms with Crippen LogP contribution >= 0.6 is 11.8 Å². The monoisotopic (exact) mass is 294 g/mol. The van der Waals surface area contributed by atoms with Gasteiger partial charge >= 0.3 is 0 Å². The van der Waals surface area contributed by atoms with Crippen LogP contribution in [0.1, 0.15) is 25.0 Å². The summed E-state index contributed by atoms with van der Waals surface area (Å²) in [6, 6.07) is 5.52. The highest BCUT2D eigenvalue weighted by Gasteiger charge is 2.31. The van der Waals surface area contributed by atoms with Gasteiger partial charge in [0.15, 0.2) is 0 Å². The molecule has 1 aromatic carbocycles. The molecule has 1 aliphatic rings. The number of carbonyl (C=O) groups excluding carboxylic acids is 1. The Kier molecular flexibility index (Phi) is 4.60. The molecule has 0 unspecified atom stereocenters. The third-order valence-corrected chi connectivity index (χ3v) is 5.08. The molecule has 0 saturated heterocycles. The molecule has 1 atom stereocenters. The van der Waals surface area contributed by atoms with Gasteiger partial charge in [-0.25, -0.2) is 0 Å². The van der Waals surface area contributed by atoms with Gasteiger partial charge in [0.05, 0.1) is 12.6 Å². The van der Waals surface area contributed by atoms with Gasteiger partial charge < -0.3 is 15.8 Å². The van der Waals surface area contributed by atoms with Crippen LogP contribution in [0, 0.1) is 0 Å². The molecular weight excluding hydrogens is 272 g/mol. The van der Waals surface area contributed by atoms with Crippen molar-refractivity contribution < 1.29 is 9.53 Å². The zero-order chi connectivity index (χ0) is 14.8. The van der Waals surface area contributed by atoms with Crippen LogP contribution in [0.4, 0.5) is 0 Å². The van der Waals surface area contributed by atoms with Crippen molar-refractivity contribution in [1.82, 2.24) is 5.32 Å². The van der Waals surface area contributed by atoms with Gasteiger partial charge in [-0.3, -0.25) is 4.79 Å². The molecule has 3 N–H and O–H groups in total. The first-order valence-corrected chi connectivity index (χ1v) is 7.99. The van der Waals surface area contributed by atoms with E-state index in [4.69, 9.17) is 10.5 Å². The van der Waals surface area contributed by atoms with Gasteiger partial charge in [0.2, 0.25) is 5.91 Å². The summed E-state index contributed by atoms with van der Waals surface area (Å²) in [5.74, 6) is 0.849. The van der Waals surface area contributed by atoms with E-state index in [1.807, 2.05) is 32.2 Å². The van der Waals surface area contributed by atoms with Crippen LogP contribution in [0.25, 0.3) is 0 Å². The van der Waals surface area contributed by atoms with Crippen molar-refractivity contribution >= 4 is 17.7 Å². The van der Waals surface area contributed by atoms with Crippen LogP contribution in [-0.2, 0) is 17.8 Å². The van der Waals surface area contributed by atoms with Crippen LogP contribution < -0.4 is 15.8 Å². The van der Waals surface area contributed by atoms with Gasteiger partial charge in [-0.05, 0) is 37.3 Å². The average Bonchev–Trinajstić information content (AvgIpc) is 2.91. The van der Waals surface area contributed by atoms with E-state index in [2.05, 4.69) is 11.4 Å². The minimum absolute atomic E-state index is 0.110. The Labute approximate surface area is 124 Å². The minimum atomic E-state index is -0.518. The molecule has 0 aliphatic carbocycles. The lowest BCUT2D eigenvalue weighted by Gasteiger charge is -2.28. The molecule has 2 rings (SSSR count). The molecule has 20 heavy (non-hydrogen) atoms. The van der Waals surface area contributed by atoms with Gasteiger partial charge in [0, 0.05) is 17.7 Å². The Morgan fingerprint density at radius 2 is 2.30 bits per heavy atom. The lowest BCUT2D eigenvalue weighted by Crippen LogP contribution is -2.51. The number of carbonyl (C=O) groups is 1. The molecule has 1 heterocycles. The Balaban J connectivity index is 1.94.